The Kier molecular flexibility index (Phi) is 22.9. The molecule has 274 valence electrons. The van der Waals surface area contributed by atoms with Crippen molar-refractivity contribution >= 4 is 29.7 Å². The van der Waals surface area contributed by atoms with Gasteiger partial charge in [0.15, 0.2) is 0 Å². The average Bonchev–Trinajstić information content (AvgIpc) is 3.50. The molecule has 0 aromatic carbocycles. The van der Waals surface area contributed by atoms with E-state index in [0.29, 0.717) is 64.9 Å². The van der Waals surface area contributed by atoms with E-state index in [1.807, 2.05) is 0 Å². The topological polar surface area (TPSA) is 262 Å². The number of primary amides is 2. The van der Waals surface area contributed by atoms with Crippen LogP contribution in [0.15, 0.2) is 6.20 Å². The highest BCUT2D eigenvalue weighted by molar-refractivity contribution is 5.92. The van der Waals surface area contributed by atoms with E-state index >= 15 is 0 Å². The number of ether oxygens (including phenoxy) is 5. The van der Waals surface area contributed by atoms with Gasteiger partial charge in [0.25, 0.3) is 0 Å². The summed E-state index contributed by atoms with van der Waals surface area (Å²) in [6.07, 6.45) is 2.60. The maximum Gasteiger partial charge on any atom is 0.312 e. The number of carbonyl (C=O) groups is 5. The summed E-state index contributed by atoms with van der Waals surface area (Å²) in [5.74, 6) is -1.91. The van der Waals surface area contributed by atoms with Gasteiger partial charge in [0.2, 0.25) is 23.6 Å². The van der Waals surface area contributed by atoms with Crippen LogP contribution in [0.3, 0.4) is 0 Å². The summed E-state index contributed by atoms with van der Waals surface area (Å²) in [6, 6.07) is -2.38. The number of hydrogen-bond donors (Lipinski definition) is 6. The molecule has 1 heterocycles. The van der Waals surface area contributed by atoms with Gasteiger partial charge in [0.1, 0.15) is 17.8 Å². The third-order valence-electron chi connectivity index (χ3n) is 6.50. The maximum atomic E-state index is 13.0. The summed E-state index contributed by atoms with van der Waals surface area (Å²) in [5.41, 5.74) is 10.7. The minimum Gasteiger partial charge on any atom is -0.379 e. The molecule has 0 aliphatic rings. The first-order valence-electron chi connectivity index (χ1n) is 15.9. The summed E-state index contributed by atoms with van der Waals surface area (Å²) >= 11 is 0. The highest BCUT2D eigenvalue weighted by Gasteiger charge is 2.28. The largest absolute Gasteiger partial charge is 0.379 e. The van der Waals surface area contributed by atoms with Crippen molar-refractivity contribution in [3.8, 4) is 0 Å². The molecule has 19 heteroatoms. The number of nitrogens with two attached hydrogens (primary N) is 2. The molecule has 0 bridgehead atoms. The molecule has 0 fully saturated rings. The lowest BCUT2D eigenvalue weighted by Gasteiger charge is -2.25. The summed E-state index contributed by atoms with van der Waals surface area (Å²) in [5, 5.41) is 18.4. The van der Waals surface area contributed by atoms with Crippen molar-refractivity contribution in [3.05, 3.63) is 11.9 Å². The van der Waals surface area contributed by atoms with Gasteiger partial charge in [-0.15, -0.1) is 5.10 Å². The van der Waals surface area contributed by atoms with E-state index in [4.69, 9.17) is 35.2 Å². The van der Waals surface area contributed by atoms with Gasteiger partial charge in [0, 0.05) is 26.4 Å². The van der Waals surface area contributed by atoms with Gasteiger partial charge in [0.05, 0.1) is 78.8 Å². The number of amides is 6. The summed E-state index contributed by atoms with van der Waals surface area (Å²) < 4.78 is 28.7. The summed E-state index contributed by atoms with van der Waals surface area (Å²) in [6.45, 7) is 7.70. The third kappa shape index (κ3) is 21.1. The fraction of sp³-hybridized carbons (Fsp3) is 0.759. The predicted molar refractivity (Wildman–Crippen MR) is 171 cm³/mol. The van der Waals surface area contributed by atoms with Gasteiger partial charge in [-0.05, 0) is 18.8 Å². The Morgan fingerprint density at radius 3 is 2.00 bits per heavy atom. The Morgan fingerprint density at radius 1 is 0.812 bits per heavy atom. The van der Waals surface area contributed by atoms with Gasteiger partial charge in [-0.25, -0.2) is 9.48 Å². The van der Waals surface area contributed by atoms with Crippen LogP contribution in [-0.2, 0) is 56.0 Å². The van der Waals surface area contributed by atoms with Crippen molar-refractivity contribution in [2.75, 3.05) is 73.1 Å². The average molecular weight is 688 g/mol. The van der Waals surface area contributed by atoms with E-state index < -0.39 is 35.8 Å². The molecule has 1 aromatic heterocycles. The van der Waals surface area contributed by atoms with Crippen LogP contribution in [0.5, 0.6) is 0 Å². The number of likely N-dealkylation sites (N-methyl/N-ethyl adjacent to an activating group) is 1. The number of aromatic nitrogens is 3. The monoisotopic (exact) mass is 687 g/mol. The molecule has 0 aliphatic carbocycles. The molecule has 6 amide bonds. The Bertz CT molecular complexity index is 1090. The first kappa shape index (κ1) is 42.1. The number of nitrogens with one attached hydrogen (secondary N) is 4. The van der Waals surface area contributed by atoms with Gasteiger partial charge < -0.3 is 56.4 Å². The second kappa shape index (κ2) is 26.1. The minimum absolute atomic E-state index is 0.0111. The maximum absolute atomic E-state index is 13.0. The zero-order valence-corrected chi connectivity index (χ0v) is 28.2. The van der Waals surface area contributed by atoms with Crippen molar-refractivity contribution in [2.45, 2.75) is 64.8 Å². The highest BCUT2D eigenvalue weighted by atomic mass is 16.6. The Hall–Kier alpha value is -3.91. The Morgan fingerprint density at radius 2 is 1.42 bits per heavy atom. The van der Waals surface area contributed by atoms with Gasteiger partial charge >= 0.3 is 6.03 Å². The van der Waals surface area contributed by atoms with Crippen molar-refractivity contribution in [2.24, 2.45) is 17.4 Å². The van der Waals surface area contributed by atoms with E-state index in [1.165, 1.54) is 7.05 Å². The molecule has 2 unspecified atom stereocenters. The van der Waals surface area contributed by atoms with Crippen molar-refractivity contribution < 1.29 is 47.7 Å². The van der Waals surface area contributed by atoms with Crippen LogP contribution in [-0.4, -0.2) is 130 Å². The second-order valence-electron chi connectivity index (χ2n) is 10.8. The van der Waals surface area contributed by atoms with Crippen molar-refractivity contribution in [1.82, 2.24) is 36.3 Å². The van der Waals surface area contributed by atoms with E-state index in [-0.39, 0.29) is 57.5 Å². The molecule has 1 aromatic rings. The first-order valence-corrected chi connectivity index (χ1v) is 15.9. The highest BCUT2D eigenvalue weighted by Crippen LogP contribution is 2.06. The molecular weight excluding hydrogens is 634 g/mol. The molecule has 0 aliphatic heterocycles. The van der Waals surface area contributed by atoms with Crippen LogP contribution in [0.2, 0.25) is 0 Å². The van der Waals surface area contributed by atoms with Crippen LogP contribution in [0.4, 0.5) is 4.79 Å². The molecule has 0 radical (unpaired) electrons. The van der Waals surface area contributed by atoms with Crippen LogP contribution in [0, 0.1) is 5.92 Å². The van der Waals surface area contributed by atoms with Gasteiger partial charge in [-0.1, -0.05) is 19.1 Å². The number of rotatable bonds is 29. The Balaban J connectivity index is 2.22. The van der Waals surface area contributed by atoms with E-state index in [2.05, 4.69) is 31.6 Å². The molecule has 48 heavy (non-hydrogen) atoms. The molecule has 8 N–H and O–H groups in total. The zero-order valence-electron chi connectivity index (χ0n) is 28.2. The molecule has 0 saturated carbocycles. The van der Waals surface area contributed by atoms with E-state index in [1.54, 1.807) is 24.7 Å². The Labute approximate surface area is 280 Å². The SMILES string of the molecule is CNC(=O)C(CCCNC(N)=O)NC(=O)C(NC(=O)CCOCc1cn(CCOCCOCCOCCOCCC(N)=O)nn1)C(C)C. The third-order valence-corrected chi connectivity index (χ3v) is 6.50. The first-order chi connectivity index (χ1) is 23.0. The molecule has 1 rings (SSSR count). The molecule has 0 spiro atoms. The number of nitrogens with zero attached hydrogens (tertiary/aromatic N) is 3. The molecular formula is C29H53N9O10. The lowest BCUT2D eigenvalue weighted by atomic mass is 10.0. The molecule has 0 saturated heterocycles. The van der Waals surface area contributed by atoms with Crippen molar-refractivity contribution in [3.63, 3.8) is 0 Å². The van der Waals surface area contributed by atoms with Crippen molar-refractivity contribution in [1.29, 1.82) is 0 Å². The van der Waals surface area contributed by atoms with Gasteiger partial charge in [-0.3, -0.25) is 19.2 Å². The molecule has 19 nitrogen and oxygen atoms in total. The number of hydrogen-bond acceptors (Lipinski definition) is 12. The smallest absolute Gasteiger partial charge is 0.312 e. The standard InChI is InChI=1S/C29H53N9O10/c1-21(2)26(28(42)34-23(27(41)32-3)5-4-8-33-29(31)43)35-25(40)7-11-48-20-22-19-38(37-36-22)9-12-45-14-16-47-18-17-46-15-13-44-10-6-24(30)39/h19,21,23,26H,4-18,20H2,1-3H3,(H2,30,39)(H,32,41)(H,34,42)(H,35,40)(H3,31,33,43). The van der Waals surface area contributed by atoms with Crippen LogP contribution in [0.25, 0.3) is 0 Å². The van der Waals surface area contributed by atoms with E-state index in [0.717, 1.165) is 0 Å². The second-order valence-corrected chi connectivity index (χ2v) is 10.8. The van der Waals surface area contributed by atoms with Crippen LogP contribution >= 0.6 is 0 Å². The summed E-state index contributed by atoms with van der Waals surface area (Å²) in [7, 11) is 1.46. The van der Waals surface area contributed by atoms with Gasteiger partial charge in [-0.2, -0.15) is 0 Å². The van der Waals surface area contributed by atoms with Crippen LogP contribution < -0.4 is 32.7 Å². The lowest BCUT2D eigenvalue weighted by molar-refractivity contribution is -0.133. The normalized spacial score (nSPS) is 12.3. The fourth-order valence-electron chi connectivity index (χ4n) is 3.95. The van der Waals surface area contributed by atoms with E-state index in [9.17, 15) is 24.0 Å². The quantitative estimate of drug-likeness (QED) is 0.0497. The zero-order chi connectivity index (χ0) is 35.6. The summed E-state index contributed by atoms with van der Waals surface area (Å²) in [4.78, 5) is 59.2. The predicted octanol–water partition coefficient (Wildman–Crippen LogP) is -2.05. The number of carbonyl (C=O) groups excluding carboxylic acids is 5. The lowest BCUT2D eigenvalue weighted by Crippen LogP contribution is -2.55. The number of urea groups is 1. The minimum atomic E-state index is -0.867. The fourth-order valence-corrected chi connectivity index (χ4v) is 3.95. The molecule has 2 atom stereocenters. The van der Waals surface area contributed by atoms with Crippen LogP contribution in [0.1, 0.15) is 45.2 Å².